The third-order valence-corrected chi connectivity index (χ3v) is 5.49. The minimum absolute atomic E-state index is 0.732. The summed E-state index contributed by atoms with van der Waals surface area (Å²) >= 11 is 0. The molecule has 6 nitrogen and oxygen atoms in total. The number of anilines is 1. The van der Waals surface area contributed by atoms with Crippen molar-refractivity contribution in [3.05, 3.63) is 24.5 Å². The highest BCUT2D eigenvalue weighted by molar-refractivity contribution is 5.51. The standard InChI is InChI=1S/C18H26N6/c1-23-12-9-19-18(23)15-7-8-17(22-21-15)20-13-14-5-4-11-24-10-3-2-6-16(14)24/h7-9,12,14,16H,2-6,10-11,13H2,1H3,(H,20,22)/t14-,16+/m0/s1. The summed E-state index contributed by atoms with van der Waals surface area (Å²) in [4.78, 5) is 7.02. The van der Waals surface area contributed by atoms with Gasteiger partial charge in [-0.2, -0.15) is 0 Å². The molecule has 2 aromatic heterocycles. The van der Waals surface area contributed by atoms with Crippen LogP contribution in [-0.4, -0.2) is 50.3 Å². The molecule has 0 bridgehead atoms. The predicted octanol–water partition coefficient (Wildman–Crippen LogP) is 2.55. The monoisotopic (exact) mass is 326 g/mol. The first kappa shape index (κ1) is 15.6. The Labute approximate surface area is 143 Å². The molecule has 128 valence electrons. The molecule has 0 aromatic carbocycles. The molecule has 4 heterocycles. The van der Waals surface area contributed by atoms with Gasteiger partial charge in [-0.3, -0.25) is 0 Å². The van der Waals surface area contributed by atoms with Gasteiger partial charge in [-0.15, -0.1) is 10.2 Å². The summed E-state index contributed by atoms with van der Waals surface area (Å²) in [6, 6.07) is 4.77. The van der Waals surface area contributed by atoms with Crippen LogP contribution in [-0.2, 0) is 7.05 Å². The molecule has 2 aromatic rings. The Bertz CT molecular complexity index is 662. The van der Waals surface area contributed by atoms with Gasteiger partial charge in [-0.1, -0.05) is 6.42 Å². The number of piperidine rings is 2. The zero-order valence-electron chi connectivity index (χ0n) is 14.4. The van der Waals surface area contributed by atoms with Gasteiger partial charge in [0, 0.05) is 32.0 Å². The van der Waals surface area contributed by atoms with E-state index in [-0.39, 0.29) is 0 Å². The Kier molecular flexibility index (Phi) is 4.47. The van der Waals surface area contributed by atoms with Crippen molar-refractivity contribution < 1.29 is 0 Å². The first-order chi connectivity index (χ1) is 11.8. The fourth-order valence-electron chi connectivity index (χ4n) is 4.21. The quantitative estimate of drug-likeness (QED) is 0.936. The number of nitrogens with one attached hydrogen (secondary N) is 1. The van der Waals surface area contributed by atoms with Crippen LogP contribution in [0.3, 0.4) is 0 Å². The lowest BCUT2D eigenvalue weighted by Gasteiger charge is -2.44. The van der Waals surface area contributed by atoms with Gasteiger partial charge in [0.05, 0.1) is 0 Å². The molecule has 0 spiro atoms. The number of rotatable bonds is 4. The molecule has 1 N–H and O–H groups in total. The van der Waals surface area contributed by atoms with Crippen LogP contribution in [0.5, 0.6) is 0 Å². The lowest BCUT2D eigenvalue weighted by Crippen LogP contribution is -2.49. The highest BCUT2D eigenvalue weighted by Crippen LogP contribution is 2.30. The molecule has 2 aliphatic rings. The fraction of sp³-hybridized carbons (Fsp3) is 0.611. The number of hydrogen-bond donors (Lipinski definition) is 1. The van der Waals surface area contributed by atoms with Crippen LogP contribution in [0.15, 0.2) is 24.5 Å². The molecule has 2 atom stereocenters. The largest absolute Gasteiger partial charge is 0.368 e. The van der Waals surface area contributed by atoms with E-state index in [1.165, 1.54) is 45.2 Å². The van der Waals surface area contributed by atoms with E-state index in [2.05, 4.69) is 25.4 Å². The second-order valence-corrected chi connectivity index (χ2v) is 7.05. The molecular formula is C18H26N6. The Hall–Kier alpha value is -1.95. The SMILES string of the molecule is Cn1ccnc1-c1ccc(NC[C@@H]2CCCN3CCCC[C@H]23)nn1. The van der Waals surface area contributed by atoms with Gasteiger partial charge in [0.1, 0.15) is 11.5 Å². The van der Waals surface area contributed by atoms with E-state index in [0.717, 1.165) is 35.8 Å². The third kappa shape index (κ3) is 3.15. The predicted molar refractivity (Wildman–Crippen MR) is 94.7 cm³/mol. The molecule has 2 aliphatic heterocycles. The van der Waals surface area contributed by atoms with Crippen LogP contribution in [0, 0.1) is 5.92 Å². The first-order valence-electron chi connectivity index (χ1n) is 9.10. The Balaban J connectivity index is 1.38. The van der Waals surface area contributed by atoms with Gasteiger partial charge in [0.15, 0.2) is 5.82 Å². The van der Waals surface area contributed by atoms with E-state index < -0.39 is 0 Å². The van der Waals surface area contributed by atoms with Crippen molar-refractivity contribution in [3.63, 3.8) is 0 Å². The molecule has 0 amide bonds. The zero-order chi connectivity index (χ0) is 16.4. The molecule has 6 heteroatoms. The van der Waals surface area contributed by atoms with Crippen molar-refractivity contribution in [2.45, 2.75) is 38.1 Å². The number of hydrogen-bond acceptors (Lipinski definition) is 5. The minimum Gasteiger partial charge on any atom is -0.368 e. The lowest BCUT2D eigenvalue weighted by molar-refractivity contribution is 0.0649. The summed E-state index contributed by atoms with van der Waals surface area (Å²) < 4.78 is 1.96. The van der Waals surface area contributed by atoms with Gasteiger partial charge in [0.25, 0.3) is 0 Å². The lowest BCUT2D eigenvalue weighted by atomic mass is 9.83. The molecule has 0 radical (unpaired) electrons. The molecule has 0 unspecified atom stereocenters. The highest BCUT2D eigenvalue weighted by atomic mass is 15.2. The summed E-state index contributed by atoms with van der Waals surface area (Å²) in [5.74, 6) is 2.44. The minimum atomic E-state index is 0.732. The van der Waals surface area contributed by atoms with Crippen molar-refractivity contribution in [1.29, 1.82) is 0 Å². The maximum absolute atomic E-state index is 4.34. The Morgan fingerprint density at radius 1 is 1.12 bits per heavy atom. The van der Waals surface area contributed by atoms with Crippen LogP contribution in [0.25, 0.3) is 11.5 Å². The van der Waals surface area contributed by atoms with Crippen LogP contribution in [0.4, 0.5) is 5.82 Å². The second kappa shape index (κ2) is 6.89. The van der Waals surface area contributed by atoms with Crippen LogP contribution in [0.2, 0.25) is 0 Å². The van der Waals surface area contributed by atoms with Crippen molar-refractivity contribution in [2.75, 3.05) is 25.0 Å². The summed E-state index contributed by atoms with van der Waals surface area (Å²) in [6.45, 7) is 3.58. The van der Waals surface area contributed by atoms with Gasteiger partial charge in [-0.25, -0.2) is 4.98 Å². The number of imidazole rings is 1. The van der Waals surface area contributed by atoms with Crippen LogP contribution < -0.4 is 5.32 Å². The molecule has 0 aliphatic carbocycles. The fourth-order valence-corrected chi connectivity index (χ4v) is 4.21. The summed E-state index contributed by atoms with van der Waals surface area (Å²) in [6.07, 6.45) is 10.5. The van der Waals surface area contributed by atoms with Gasteiger partial charge >= 0.3 is 0 Å². The summed E-state index contributed by atoms with van der Waals surface area (Å²) in [5.41, 5.74) is 0.809. The highest BCUT2D eigenvalue weighted by Gasteiger charge is 2.32. The van der Waals surface area contributed by atoms with Gasteiger partial charge in [-0.05, 0) is 56.8 Å². The molecule has 2 saturated heterocycles. The van der Waals surface area contributed by atoms with Crippen molar-refractivity contribution in [1.82, 2.24) is 24.6 Å². The van der Waals surface area contributed by atoms with Gasteiger partial charge in [0.2, 0.25) is 0 Å². The smallest absolute Gasteiger partial charge is 0.160 e. The van der Waals surface area contributed by atoms with E-state index in [0.29, 0.717) is 0 Å². The first-order valence-corrected chi connectivity index (χ1v) is 9.10. The van der Waals surface area contributed by atoms with E-state index >= 15 is 0 Å². The van der Waals surface area contributed by atoms with E-state index in [1.54, 1.807) is 6.20 Å². The number of nitrogens with zero attached hydrogens (tertiary/aromatic N) is 5. The van der Waals surface area contributed by atoms with Crippen molar-refractivity contribution in [2.24, 2.45) is 13.0 Å². The Morgan fingerprint density at radius 2 is 2.04 bits per heavy atom. The zero-order valence-corrected chi connectivity index (χ0v) is 14.4. The van der Waals surface area contributed by atoms with E-state index in [4.69, 9.17) is 0 Å². The molecule has 24 heavy (non-hydrogen) atoms. The molecule has 0 saturated carbocycles. The average molecular weight is 326 g/mol. The van der Waals surface area contributed by atoms with Crippen molar-refractivity contribution in [3.8, 4) is 11.5 Å². The molecule has 2 fully saturated rings. The maximum atomic E-state index is 4.34. The maximum Gasteiger partial charge on any atom is 0.160 e. The molecular weight excluding hydrogens is 300 g/mol. The summed E-state index contributed by atoms with van der Waals surface area (Å²) in [7, 11) is 1.97. The topological polar surface area (TPSA) is 58.9 Å². The van der Waals surface area contributed by atoms with E-state index in [9.17, 15) is 0 Å². The Morgan fingerprint density at radius 3 is 2.83 bits per heavy atom. The number of aromatic nitrogens is 4. The third-order valence-electron chi connectivity index (χ3n) is 5.49. The molecule has 4 rings (SSSR count). The van der Waals surface area contributed by atoms with Crippen molar-refractivity contribution >= 4 is 5.82 Å². The van der Waals surface area contributed by atoms with Crippen LogP contribution >= 0.6 is 0 Å². The van der Waals surface area contributed by atoms with Crippen LogP contribution in [0.1, 0.15) is 32.1 Å². The second-order valence-electron chi connectivity index (χ2n) is 7.05. The average Bonchev–Trinajstić information content (AvgIpc) is 3.06. The van der Waals surface area contributed by atoms with E-state index in [1.807, 2.05) is 29.9 Å². The number of aryl methyl sites for hydroxylation is 1. The summed E-state index contributed by atoms with van der Waals surface area (Å²) in [5, 5.41) is 12.2. The normalized spacial score (nSPS) is 24.5. The van der Waals surface area contributed by atoms with Gasteiger partial charge < -0.3 is 14.8 Å². The number of fused-ring (bicyclic) bond motifs is 1.